The van der Waals surface area contributed by atoms with Crippen LogP contribution in [0.15, 0.2) is 12.1 Å². The third kappa shape index (κ3) is 3.74. The number of hydrogen-bond acceptors (Lipinski definition) is 10. The first-order valence-electron chi connectivity index (χ1n) is 10.7. The van der Waals surface area contributed by atoms with Gasteiger partial charge in [0.05, 0.1) is 25.7 Å². The zero-order chi connectivity index (χ0) is 23.5. The summed E-state index contributed by atoms with van der Waals surface area (Å²) in [6, 6.07) is 2.76. The molecule has 2 fully saturated rings. The molecule has 8 atom stereocenters. The van der Waals surface area contributed by atoms with Gasteiger partial charge in [0.2, 0.25) is 6.79 Å². The number of esters is 1. The Morgan fingerprint density at radius 3 is 2.52 bits per heavy atom. The van der Waals surface area contributed by atoms with Gasteiger partial charge in [-0.05, 0) is 29.7 Å². The summed E-state index contributed by atoms with van der Waals surface area (Å²) in [7, 11) is 0. The molecule has 2 saturated heterocycles. The Kier molecular flexibility index (Phi) is 5.70. The zero-order valence-electron chi connectivity index (χ0n) is 17.4. The number of halogens is 2. The Morgan fingerprint density at radius 2 is 1.79 bits per heavy atom. The highest BCUT2D eigenvalue weighted by Gasteiger charge is 2.55. The van der Waals surface area contributed by atoms with Gasteiger partial charge in [0.1, 0.15) is 24.4 Å². The fourth-order valence-corrected chi connectivity index (χ4v) is 5.13. The summed E-state index contributed by atoms with van der Waals surface area (Å²) in [5.74, 6) is -3.99. The molecule has 33 heavy (non-hydrogen) atoms. The Hall–Kier alpha value is -2.09. The maximum atomic E-state index is 15.2. The summed E-state index contributed by atoms with van der Waals surface area (Å²) in [4.78, 5) is 12.2. The molecule has 1 aliphatic carbocycles. The van der Waals surface area contributed by atoms with Crippen molar-refractivity contribution >= 4 is 5.97 Å². The first-order valence-corrected chi connectivity index (χ1v) is 10.7. The van der Waals surface area contributed by atoms with Gasteiger partial charge in [-0.1, -0.05) is 0 Å². The quantitative estimate of drug-likeness (QED) is 0.333. The molecule has 1 aromatic rings. The van der Waals surface area contributed by atoms with Gasteiger partial charge in [-0.25, -0.2) is 8.78 Å². The van der Waals surface area contributed by atoms with E-state index in [0.29, 0.717) is 23.5 Å². The lowest BCUT2D eigenvalue weighted by molar-refractivity contribution is -0.279. The van der Waals surface area contributed by atoms with Gasteiger partial charge in [-0.15, -0.1) is 0 Å². The molecular formula is C21H25F2NO9. The molecule has 5 N–H and O–H groups in total. The monoisotopic (exact) mass is 473 g/mol. The van der Waals surface area contributed by atoms with E-state index in [-0.39, 0.29) is 13.4 Å². The number of benzene rings is 1. The average Bonchev–Trinajstić information content (AvgIpc) is 3.40. The maximum Gasteiger partial charge on any atom is 0.309 e. The van der Waals surface area contributed by atoms with Crippen LogP contribution in [0, 0.1) is 11.8 Å². The van der Waals surface area contributed by atoms with Crippen LogP contribution >= 0.6 is 0 Å². The van der Waals surface area contributed by atoms with Crippen molar-refractivity contribution in [1.29, 1.82) is 0 Å². The molecule has 182 valence electrons. The van der Waals surface area contributed by atoms with E-state index in [4.69, 9.17) is 18.9 Å². The number of aliphatic hydroxyl groups is 4. The van der Waals surface area contributed by atoms with E-state index in [2.05, 4.69) is 5.32 Å². The van der Waals surface area contributed by atoms with Crippen molar-refractivity contribution in [2.45, 2.75) is 48.9 Å². The topological polar surface area (TPSA) is 147 Å². The lowest BCUT2D eigenvalue weighted by Gasteiger charge is -2.43. The van der Waals surface area contributed by atoms with Crippen LogP contribution in [0.5, 0.6) is 11.5 Å². The Labute approximate surface area is 187 Å². The highest BCUT2D eigenvalue weighted by atomic mass is 19.3. The minimum atomic E-state index is -3.69. The van der Waals surface area contributed by atoms with E-state index in [1.165, 1.54) is 0 Å². The molecule has 0 amide bonds. The summed E-state index contributed by atoms with van der Waals surface area (Å²) in [5.41, 5.74) is 1.44. The van der Waals surface area contributed by atoms with E-state index in [0.717, 1.165) is 5.56 Å². The first kappa shape index (κ1) is 22.7. The van der Waals surface area contributed by atoms with Crippen LogP contribution in [-0.4, -0.2) is 89.4 Å². The predicted octanol–water partition coefficient (Wildman–Crippen LogP) is -1.13. The van der Waals surface area contributed by atoms with Gasteiger partial charge in [0.15, 0.2) is 17.6 Å². The molecule has 10 nitrogen and oxygen atoms in total. The van der Waals surface area contributed by atoms with Crippen molar-refractivity contribution in [1.82, 2.24) is 5.32 Å². The van der Waals surface area contributed by atoms with E-state index in [9.17, 15) is 25.2 Å². The molecule has 3 heterocycles. The largest absolute Gasteiger partial charge is 0.465 e. The van der Waals surface area contributed by atoms with Crippen molar-refractivity contribution in [3.8, 4) is 11.5 Å². The number of aliphatic hydroxyl groups excluding tert-OH is 4. The van der Waals surface area contributed by atoms with E-state index in [1.807, 2.05) is 0 Å². The minimum Gasteiger partial charge on any atom is -0.465 e. The first-order chi connectivity index (χ1) is 15.7. The molecule has 3 aliphatic heterocycles. The summed E-state index contributed by atoms with van der Waals surface area (Å²) < 4.78 is 51.4. The Balaban J connectivity index is 1.40. The van der Waals surface area contributed by atoms with Gasteiger partial charge in [-0.2, -0.15) is 0 Å². The SMILES string of the molecule is O=C1OCC2C(NCC(F)(F)C3OC(CO)[C@@H](O)C(O)[C@H]3O)c3cc4c(cc3C[C@@H]12)OCO4. The van der Waals surface area contributed by atoms with Crippen LogP contribution in [0.1, 0.15) is 17.2 Å². The maximum absolute atomic E-state index is 15.2. The zero-order valence-corrected chi connectivity index (χ0v) is 17.4. The third-order valence-corrected chi connectivity index (χ3v) is 6.94. The summed E-state index contributed by atoms with van der Waals surface area (Å²) in [5, 5.41) is 42.0. The normalized spacial score (nSPS) is 37.5. The number of cyclic esters (lactones) is 1. The number of hydrogen-bond donors (Lipinski definition) is 5. The second-order valence-corrected chi connectivity index (χ2v) is 8.88. The second-order valence-electron chi connectivity index (χ2n) is 8.88. The number of carbonyl (C=O) groups is 1. The fourth-order valence-electron chi connectivity index (χ4n) is 5.13. The molecule has 4 aliphatic rings. The number of ether oxygens (including phenoxy) is 4. The summed E-state index contributed by atoms with van der Waals surface area (Å²) in [6.45, 7) is -1.66. The van der Waals surface area contributed by atoms with Crippen molar-refractivity contribution in [2.24, 2.45) is 11.8 Å². The second kappa shape index (κ2) is 8.29. The number of alkyl halides is 2. The van der Waals surface area contributed by atoms with Crippen LogP contribution in [0.2, 0.25) is 0 Å². The molecule has 5 rings (SSSR count). The van der Waals surface area contributed by atoms with Crippen LogP contribution in [0.3, 0.4) is 0 Å². The van der Waals surface area contributed by atoms with Crippen molar-refractivity contribution in [3.63, 3.8) is 0 Å². The smallest absolute Gasteiger partial charge is 0.309 e. The Morgan fingerprint density at radius 1 is 1.06 bits per heavy atom. The minimum absolute atomic E-state index is 0.0421. The van der Waals surface area contributed by atoms with Gasteiger partial charge < -0.3 is 44.7 Å². The lowest BCUT2D eigenvalue weighted by Crippen LogP contribution is -2.64. The number of nitrogens with one attached hydrogen (secondary N) is 1. The lowest BCUT2D eigenvalue weighted by atomic mass is 9.73. The number of fused-ring (bicyclic) bond motifs is 3. The molecular weight excluding hydrogens is 448 g/mol. The van der Waals surface area contributed by atoms with Crippen molar-refractivity contribution in [2.75, 3.05) is 26.6 Å². The van der Waals surface area contributed by atoms with Crippen molar-refractivity contribution < 1.29 is 52.9 Å². The van der Waals surface area contributed by atoms with Gasteiger partial charge in [0.25, 0.3) is 5.92 Å². The standard InChI is InChI=1S/C21H25F2NO9/c22-21(23,19-18(28)17(27)16(26)14(4-25)33-19)6-24-15-9-3-13-12(31-7-32-13)2-8(9)1-10-11(15)5-30-20(10)29/h2-3,10-11,14-19,24-28H,1,4-7H2/t10-,11?,14?,15?,16-,17?,18-,19?/m1/s1. The summed E-state index contributed by atoms with van der Waals surface area (Å²) in [6.07, 6.45) is -8.95. The Bertz CT molecular complexity index is 929. The molecule has 12 heteroatoms. The van der Waals surface area contributed by atoms with E-state index >= 15 is 8.78 Å². The van der Waals surface area contributed by atoms with Gasteiger partial charge in [0, 0.05) is 12.0 Å². The number of carbonyl (C=O) groups excluding carboxylic acids is 1. The molecule has 1 aromatic carbocycles. The number of rotatable bonds is 5. The van der Waals surface area contributed by atoms with E-state index in [1.54, 1.807) is 12.1 Å². The fraction of sp³-hybridized carbons (Fsp3) is 0.667. The predicted molar refractivity (Wildman–Crippen MR) is 104 cm³/mol. The molecule has 0 aromatic heterocycles. The van der Waals surface area contributed by atoms with Crippen molar-refractivity contribution in [3.05, 3.63) is 23.3 Å². The van der Waals surface area contributed by atoms with Crippen LogP contribution in [0.4, 0.5) is 8.78 Å². The average molecular weight is 473 g/mol. The van der Waals surface area contributed by atoms with Gasteiger partial charge in [-0.3, -0.25) is 4.79 Å². The van der Waals surface area contributed by atoms with E-state index < -0.39 is 73.4 Å². The molecule has 0 radical (unpaired) electrons. The molecule has 0 spiro atoms. The summed E-state index contributed by atoms with van der Waals surface area (Å²) >= 11 is 0. The highest BCUT2D eigenvalue weighted by Crippen LogP contribution is 2.47. The molecule has 0 saturated carbocycles. The highest BCUT2D eigenvalue weighted by molar-refractivity contribution is 5.76. The molecule has 0 bridgehead atoms. The van der Waals surface area contributed by atoms with Crippen LogP contribution in [0.25, 0.3) is 0 Å². The van der Waals surface area contributed by atoms with Crippen LogP contribution in [-0.2, 0) is 20.7 Å². The molecule has 5 unspecified atom stereocenters. The van der Waals surface area contributed by atoms with Gasteiger partial charge >= 0.3 is 5.97 Å². The van der Waals surface area contributed by atoms with Crippen LogP contribution < -0.4 is 14.8 Å². The third-order valence-electron chi connectivity index (χ3n) is 6.94.